The summed E-state index contributed by atoms with van der Waals surface area (Å²) in [6.07, 6.45) is 1.16. The molecule has 0 aliphatic carbocycles. The van der Waals surface area contributed by atoms with Gasteiger partial charge in [-0.15, -0.1) is 0 Å². The third kappa shape index (κ3) is 3.86. The molecule has 0 radical (unpaired) electrons. The number of benzene rings is 1. The maximum atomic E-state index is 10.9. The van der Waals surface area contributed by atoms with Crippen LogP contribution in [0.1, 0.15) is 37.0 Å². The molecule has 0 aromatic heterocycles. The van der Waals surface area contributed by atoms with Crippen molar-refractivity contribution in [1.82, 2.24) is 0 Å². The summed E-state index contributed by atoms with van der Waals surface area (Å²) in [4.78, 5) is 10.9. The second kappa shape index (κ2) is 6.43. The van der Waals surface area contributed by atoms with E-state index in [0.29, 0.717) is 24.3 Å². The van der Waals surface area contributed by atoms with Crippen LogP contribution in [0.2, 0.25) is 0 Å². The summed E-state index contributed by atoms with van der Waals surface area (Å²) in [5.74, 6) is -0.259. The number of aromatic carboxylic acids is 1. The number of hydrogen-bond donors (Lipinski definition) is 2. The van der Waals surface area contributed by atoms with E-state index in [1.54, 1.807) is 0 Å². The largest absolute Gasteiger partial charge is 0.493 e. The molecular formula is C14H20O5. The number of rotatable bonds is 7. The second-order valence-corrected chi connectivity index (χ2v) is 4.39. The SMILES string of the molecule is CCC(O)(CC)COc1ccc(C(=O)O)cc1OC. The predicted octanol–water partition coefficient (Wildman–Crippen LogP) is 2.32. The van der Waals surface area contributed by atoms with E-state index >= 15 is 0 Å². The maximum absolute atomic E-state index is 10.9. The van der Waals surface area contributed by atoms with Gasteiger partial charge in [0.05, 0.1) is 18.3 Å². The fourth-order valence-electron chi connectivity index (χ4n) is 1.59. The molecule has 0 aliphatic heterocycles. The third-order valence-corrected chi connectivity index (χ3v) is 3.22. The highest BCUT2D eigenvalue weighted by Crippen LogP contribution is 2.29. The van der Waals surface area contributed by atoms with Crippen LogP contribution in [0, 0.1) is 0 Å². The lowest BCUT2D eigenvalue weighted by Crippen LogP contribution is -2.34. The number of carboxylic acid groups (broad SMARTS) is 1. The van der Waals surface area contributed by atoms with Crippen LogP contribution in [-0.2, 0) is 0 Å². The van der Waals surface area contributed by atoms with Crippen molar-refractivity contribution < 1.29 is 24.5 Å². The molecule has 0 fully saturated rings. The molecule has 1 rings (SSSR count). The van der Waals surface area contributed by atoms with Gasteiger partial charge in [-0.1, -0.05) is 13.8 Å². The van der Waals surface area contributed by atoms with Crippen LogP contribution in [0.25, 0.3) is 0 Å². The molecule has 0 heterocycles. The molecule has 5 nitrogen and oxygen atoms in total. The van der Waals surface area contributed by atoms with E-state index in [2.05, 4.69) is 0 Å². The van der Waals surface area contributed by atoms with Crippen molar-refractivity contribution in [1.29, 1.82) is 0 Å². The van der Waals surface area contributed by atoms with Crippen LogP contribution in [0.3, 0.4) is 0 Å². The molecule has 0 unspecified atom stereocenters. The Kier molecular flexibility index (Phi) is 5.18. The smallest absolute Gasteiger partial charge is 0.335 e. The molecule has 0 aliphatic rings. The summed E-state index contributed by atoms with van der Waals surface area (Å²) in [6.45, 7) is 3.91. The first-order valence-electron chi connectivity index (χ1n) is 6.22. The molecular weight excluding hydrogens is 248 g/mol. The van der Waals surface area contributed by atoms with Gasteiger partial charge in [0.25, 0.3) is 0 Å². The number of ether oxygens (including phenoxy) is 2. The van der Waals surface area contributed by atoms with Crippen molar-refractivity contribution in [3.8, 4) is 11.5 Å². The Morgan fingerprint density at radius 2 is 1.89 bits per heavy atom. The van der Waals surface area contributed by atoms with Gasteiger partial charge >= 0.3 is 5.97 Å². The minimum atomic E-state index is -1.02. The number of carboxylic acids is 1. The van der Waals surface area contributed by atoms with E-state index in [4.69, 9.17) is 14.6 Å². The molecule has 19 heavy (non-hydrogen) atoms. The zero-order valence-corrected chi connectivity index (χ0v) is 11.5. The van der Waals surface area contributed by atoms with Gasteiger partial charge in [0.2, 0.25) is 0 Å². The Morgan fingerprint density at radius 3 is 2.37 bits per heavy atom. The Morgan fingerprint density at radius 1 is 1.26 bits per heavy atom. The van der Waals surface area contributed by atoms with Crippen molar-refractivity contribution >= 4 is 5.97 Å². The normalized spacial score (nSPS) is 11.2. The van der Waals surface area contributed by atoms with Crippen molar-refractivity contribution in [2.75, 3.05) is 13.7 Å². The average molecular weight is 268 g/mol. The molecule has 0 saturated heterocycles. The van der Waals surface area contributed by atoms with E-state index in [1.807, 2.05) is 13.8 Å². The topological polar surface area (TPSA) is 76.0 Å². The Hall–Kier alpha value is -1.75. The first-order valence-corrected chi connectivity index (χ1v) is 6.22. The van der Waals surface area contributed by atoms with Crippen LogP contribution in [0.5, 0.6) is 11.5 Å². The van der Waals surface area contributed by atoms with Crippen molar-refractivity contribution in [2.45, 2.75) is 32.3 Å². The Bertz CT molecular complexity index is 437. The van der Waals surface area contributed by atoms with Crippen molar-refractivity contribution in [3.63, 3.8) is 0 Å². The third-order valence-electron chi connectivity index (χ3n) is 3.22. The predicted molar refractivity (Wildman–Crippen MR) is 71.0 cm³/mol. The molecule has 106 valence electrons. The molecule has 0 bridgehead atoms. The highest BCUT2D eigenvalue weighted by atomic mass is 16.5. The maximum Gasteiger partial charge on any atom is 0.335 e. The number of hydrogen-bond acceptors (Lipinski definition) is 4. The van der Waals surface area contributed by atoms with Crippen LogP contribution in [0.4, 0.5) is 0 Å². The van der Waals surface area contributed by atoms with Gasteiger partial charge in [-0.3, -0.25) is 0 Å². The molecule has 0 atom stereocenters. The average Bonchev–Trinajstić information content (AvgIpc) is 2.44. The van der Waals surface area contributed by atoms with Crippen LogP contribution < -0.4 is 9.47 Å². The van der Waals surface area contributed by atoms with Gasteiger partial charge in [0, 0.05) is 0 Å². The molecule has 0 spiro atoms. The first kappa shape index (κ1) is 15.3. The monoisotopic (exact) mass is 268 g/mol. The summed E-state index contributed by atoms with van der Waals surface area (Å²) in [7, 11) is 1.44. The van der Waals surface area contributed by atoms with Gasteiger partial charge in [-0.2, -0.15) is 0 Å². The minimum Gasteiger partial charge on any atom is -0.493 e. The molecule has 2 N–H and O–H groups in total. The van der Waals surface area contributed by atoms with Gasteiger partial charge < -0.3 is 19.7 Å². The molecule has 1 aromatic carbocycles. The molecule has 1 aromatic rings. The lowest BCUT2D eigenvalue weighted by Gasteiger charge is -2.25. The van der Waals surface area contributed by atoms with E-state index in [1.165, 1.54) is 25.3 Å². The first-order chi connectivity index (χ1) is 8.95. The van der Waals surface area contributed by atoms with Gasteiger partial charge in [-0.25, -0.2) is 4.79 Å². The Balaban J connectivity index is 2.87. The standard InChI is InChI=1S/C14H20O5/c1-4-14(17,5-2)9-19-11-7-6-10(13(15)16)8-12(11)18-3/h6-8,17H,4-5,9H2,1-3H3,(H,15,16). The summed E-state index contributed by atoms with van der Waals surface area (Å²) in [5.41, 5.74) is -0.748. The highest BCUT2D eigenvalue weighted by Gasteiger charge is 2.24. The zero-order valence-electron chi connectivity index (χ0n) is 11.5. The number of carbonyl (C=O) groups is 1. The molecule has 5 heteroatoms. The van der Waals surface area contributed by atoms with Gasteiger partial charge in [0.15, 0.2) is 11.5 Å². The molecule has 0 amide bonds. The summed E-state index contributed by atoms with van der Waals surface area (Å²) < 4.78 is 10.6. The number of aliphatic hydroxyl groups is 1. The lowest BCUT2D eigenvalue weighted by atomic mass is 9.99. The van der Waals surface area contributed by atoms with Gasteiger partial charge in [-0.05, 0) is 31.0 Å². The summed E-state index contributed by atoms with van der Waals surface area (Å²) >= 11 is 0. The fraction of sp³-hybridized carbons (Fsp3) is 0.500. The van der Waals surface area contributed by atoms with Gasteiger partial charge in [0.1, 0.15) is 6.61 Å². The number of methoxy groups -OCH3 is 1. The van der Waals surface area contributed by atoms with E-state index in [-0.39, 0.29) is 12.2 Å². The Labute approximate surface area is 112 Å². The van der Waals surface area contributed by atoms with Crippen molar-refractivity contribution in [2.24, 2.45) is 0 Å². The van der Waals surface area contributed by atoms with Crippen LogP contribution >= 0.6 is 0 Å². The zero-order chi connectivity index (χ0) is 14.5. The van der Waals surface area contributed by atoms with Crippen LogP contribution in [-0.4, -0.2) is 35.5 Å². The lowest BCUT2D eigenvalue weighted by molar-refractivity contribution is -0.0119. The van der Waals surface area contributed by atoms with Crippen molar-refractivity contribution in [3.05, 3.63) is 23.8 Å². The second-order valence-electron chi connectivity index (χ2n) is 4.39. The van der Waals surface area contributed by atoms with E-state index in [0.717, 1.165) is 0 Å². The van der Waals surface area contributed by atoms with E-state index in [9.17, 15) is 9.90 Å². The fourth-order valence-corrected chi connectivity index (χ4v) is 1.59. The minimum absolute atomic E-state index is 0.130. The summed E-state index contributed by atoms with van der Waals surface area (Å²) in [5, 5.41) is 19.0. The summed E-state index contributed by atoms with van der Waals surface area (Å²) in [6, 6.07) is 4.37. The van der Waals surface area contributed by atoms with E-state index < -0.39 is 11.6 Å². The molecule has 0 saturated carbocycles. The van der Waals surface area contributed by atoms with Crippen LogP contribution in [0.15, 0.2) is 18.2 Å². The highest BCUT2D eigenvalue weighted by molar-refractivity contribution is 5.88. The quantitative estimate of drug-likeness (QED) is 0.793.